The van der Waals surface area contributed by atoms with Gasteiger partial charge in [0.25, 0.3) is 0 Å². The molecule has 1 N–H and O–H groups in total. The van der Waals surface area contributed by atoms with E-state index in [2.05, 4.69) is 21.0 Å². The fraction of sp³-hybridized carbons (Fsp3) is 0.231. The van der Waals surface area contributed by atoms with Crippen LogP contribution in [-0.2, 0) is 6.54 Å². The van der Waals surface area contributed by atoms with Gasteiger partial charge in [0.1, 0.15) is 11.4 Å². The first-order valence-corrected chi connectivity index (χ1v) is 6.40. The van der Waals surface area contributed by atoms with E-state index in [-0.39, 0.29) is 11.4 Å². The van der Waals surface area contributed by atoms with Gasteiger partial charge in [-0.15, -0.1) is 0 Å². The molecule has 0 fully saturated rings. The molecule has 0 aliphatic heterocycles. The van der Waals surface area contributed by atoms with Crippen molar-refractivity contribution in [3.63, 3.8) is 0 Å². The van der Waals surface area contributed by atoms with Gasteiger partial charge in [-0.3, -0.25) is 4.68 Å². The summed E-state index contributed by atoms with van der Waals surface area (Å²) in [6, 6.07) is 4.67. The number of carbonyl (C=O) groups is 1. The molecular weight excluding hydrogens is 315 g/mol. The van der Waals surface area contributed by atoms with Crippen molar-refractivity contribution in [2.24, 2.45) is 0 Å². The van der Waals surface area contributed by atoms with Crippen LogP contribution in [0.3, 0.4) is 0 Å². The highest BCUT2D eigenvalue weighted by Crippen LogP contribution is 2.19. The number of hydrogen-bond acceptors (Lipinski definition) is 2. The largest absolute Gasteiger partial charge is 0.478 e. The molecule has 0 atom stereocenters. The normalized spacial score (nSPS) is 10.7. The fourth-order valence-electron chi connectivity index (χ4n) is 1.97. The summed E-state index contributed by atoms with van der Waals surface area (Å²) in [5, 5.41) is 13.3. The average Bonchev–Trinajstić information content (AvgIpc) is 2.59. The van der Waals surface area contributed by atoms with E-state index < -0.39 is 5.97 Å². The quantitative estimate of drug-likeness (QED) is 0.942. The predicted octanol–water partition coefficient (Wildman–Crippen LogP) is 3.15. The number of carboxylic acids is 1. The van der Waals surface area contributed by atoms with E-state index >= 15 is 0 Å². The summed E-state index contributed by atoms with van der Waals surface area (Å²) in [4.78, 5) is 11.1. The molecule has 0 saturated carbocycles. The number of aryl methyl sites for hydroxylation is 1. The van der Waals surface area contributed by atoms with Crippen molar-refractivity contribution in [3.8, 4) is 0 Å². The van der Waals surface area contributed by atoms with Gasteiger partial charge in [0, 0.05) is 0 Å². The molecule has 0 unspecified atom stereocenters. The van der Waals surface area contributed by atoms with Crippen LogP contribution in [0, 0.1) is 19.7 Å². The van der Waals surface area contributed by atoms with E-state index in [0.29, 0.717) is 22.4 Å². The van der Waals surface area contributed by atoms with Gasteiger partial charge in [-0.2, -0.15) is 5.10 Å². The molecule has 1 heterocycles. The zero-order chi connectivity index (χ0) is 14.2. The maximum absolute atomic E-state index is 13.1. The molecule has 100 valence electrons. The molecule has 6 heteroatoms. The van der Waals surface area contributed by atoms with Crippen molar-refractivity contribution in [2.75, 3.05) is 0 Å². The first-order chi connectivity index (χ1) is 8.90. The Bertz CT molecular complexity index is 652. The average molecular weight is 327 g/mol. The number of nitrogens with zero attached hydrogens (tertiary/aromatic N) is 2. The van der Waals surface area contributed by atoms with E-state index in [1.807, 2.05) is 0 Å². The summed E-state index contributed by atoms with van der Waals surface area (Å²) in [6.07, 6.45) is 0. The second kappa shape index (κ2) is 5.13. The maximum Gasteiger partial charge on any atom is 0.339 e. The molecule has 2 aromatic rings. The molecule has 1 aromatic heterocycles. The molecule has 0 radical (unpaired) electrons. The summed E-state index contributed by atoms with van der Waals surface area (Å²) in [6.45, 7) is 3.77. The second-order valence-electron chi connectivity index (χ2n) is 4.26. The van der Waals surface area contributed by atoms with Crippen LogP contribution in [0.5, 0.6) is 0 Å². The lowest BCUT2D eigenvalue weighted by atomic mass is 10.2. The van der Waals surface area contributed by atoms with Crippen LogP contribution in [-0.4, -0.2) is 20.9 Å². The van der Waals surface area contributed by atoms with Crippen molar-refractivity contribution in [2.45, 2.75) is 20.4 Å². The lowest BCUT2D eigenvalue weighted by Crippen LogP contribution is -2.06. The summed E-state index contributed by atoms with van der Waals surface area (Å²) >= 11 is 3.12. The van der Waals surface area contributed by atoms with Gasteiger partial charge in [-0.05, 0) is 47.5 Å². The van der Waals surface area contributed by atoms with Gasteiger partial charge in [-0.1, -0.05) is 6.07 Å². The zero-order valence-electron chi connectivity index (χ0n) is 10.4. The minimum absolute atomic E-state index is 0.223. The number of halogens is 2. The van der Waals surface area contributed by atoms with Gasteiger partial charge in [0.15, 0.2) is 0 Å². The minimum Gasteiger partial charge on any atom is -0.478 e. The number of carboxylic acid groups (broad SMARTS) is 1. The molecule has 0 bridgehead atoms. The van der Waals surface area contributed by atoms with Gasteiger partial charge in [0.2, 0.25) is 0 Å². The topological polar surface area (TPSA) is 55.1 Å². The molecule has 2 rings (SSSR count). The number of rotatable bonds is 3. The highest BCUT2D eigenvalue weighted by molar-refractivity contribution is 9.10. The number of hydrogen-bond donors (Lipinski definition) is 1. The molecular formula is C13H12BrFN2O2. The summed E-state index contributed by atoms with van der Waals surface area (Å²) < 4.78 is 15.1. The van der Waals surface area contributed by atoms with Crippen LogP contribution in [0.15, 0.2) is 22.7 Å². The van der Waals surface area contributed by atoms with Crippen LogP contribution >= 0.6 is 15.9 Å². The van der Waals surface area contributed by atoms with Gasteiger partial charge in [0.05, 0.1) is 22.4 Å². The van der Waals surface area contributed by atoms with E-state index in [1.54, 1.807) is 30.7 Å². The van der Waals surface area contributed by atoms with Gasteiger partial charge >= 0.3 is 5.97 Å². The monoisotopic (exact) mass is 326 g/mol. The standard InChI is InChI=1S/C13H12BrFN2O2/c1-7-12(13(18)19)8(2)17(16-7)6-9-3-4-11(15)10(14)5-9/h3-5H,6H2,1-2H3,(H,18,19). The number of aromatic carboxylic acids is 1. The number of benzene rings is 1. The lowest BCUT2D eigenvalue weighted by molar-refractivity contribution is 0.0695. The van der Waals surface area contributed by atoms with Crippen LogP contribution < -0.4 is 0 Å². The summed E-state index contributed by atoms with van der Waals surface area (Å²) in [5.41, 5.74) is 2.13. The molecule has 0 saturated heterocycles. The molecule has 1 aromatic carbocycles. The molecule has 4 nitrogen and oxygen atoms in total. The minimum atomic E-state index is -0.985. The third-order valence-corrected chi connectivity index (χ3v) is 3.52. The Labute approximate surface area is 118 Å². The maximum atomic E-state index is 13.1. The van der Waals surface area contributed by atoms with Gasteiger partial charge < -0.3 is 5.11 Å². The first kappa shape index (κ1) is 13.7. The first-order valence-electron chi connectivity index (χ1n) is 5.61. The van der Waals surface area contributed by atoms with E-state index in [9.17, 15) is 9.18 Å². The zero-order valence-corrected chi connectivity index (χ0v) is 12.0. The summed E-state index contributed by atoms with van der Waals surface area (Å²) in [7, 11) is 0. The molecule has 0 aliphatic carbocycles. The van der Waals surface area contributed by atoms with Crippen molar-refractivity contribution in [3.05, 3.63) is 51.0 Å². The molecule has 0 spiro atoms. The lowest BCUT2D eigenvalue weighted by Gasteiger charge is -2.06. The third-order valence-electron chi connectivity index (χ3n) is 2.91. The van der Waals surface area contributed by atoms with E-state index in [4.69, 9.17) is 5.11 Å². The summed E-state index contributed by atoms with van der Waals surface area (Å²) in [5.74, 6) is -1.31. The Hall–Kier alpha value is -1.69. The van der Waals surface area contributed by atoms with Crippen molar-refractivity contribution < 1.29 is 14.3 Å². The Balaban J connectivity index is 2.36. The van der Waals surface area contributed by atoms with Gasteiger partial charge in [-0.25, -0.2) is 9.18 Å². The molecule has 19 heavy (non-hydrogen) atoms. The fourth-order valence-corrected chi connectivity index (χ4v) is 2.40. The van der Waals surface area contributed by atoms with Crippen LogP contribution in [0.2, 0.25) is 0 Å². The highest BCUT2D eigenvalue weighted by Gasteiger charge is 2.17. The molecule has 0 amide bonds. The third kappa shape index (κ3) is 2.68. The van der Waals surface area contributed by atoms with E-state index in [0.717, 1.165) is 5.56 Å². The highest BCUT2D eigenvalue weighted by atomic mass is 79.9. The SMILES string of the molecule is Cc1nn(Cc2ccc(F)c(Br)c2)c(C)c1C(=O)O. The smallest absolute Gasteiger partial charge is 0.339 e. The van der Waals surface area contributed by atoms with E-state index in [1.165, 1.54) is 6.07 Å². The predicted molar refractivity (Wildman–Crippen MR) is 71.9 cm³/mol. The number of aromatic nitrogens is 2. The van der Waals surface area contributed by atoms with Crippen LogP contribution in [0.1, 0.15) is 27.3 Å². The Morgan fingerprint density at radius 2 is 2.16 bits per heavy atom. The second-order valence-corrected chi connectivity index (χ2v) is 5.11. The van der Waals surface area contributed by atoms with Crippen LogP contribution in [0.4, 0.5) is 4.39 Å². The Morgan fingerprint density at radius 1 is 1.47 bits per heavy atom. The Morgan fingerprint density at radius 3 is 2.68 bits per heavy atom. The van der Waals surface area contributed by atoms with Crippen molar-refractivity contribution in [1.29, 1.82) is 0 Å². The van der Waals surface area contributed by atoms with Crippen molar-refractivity contribution >= 4 is 21.9 Å². The Kier molecular flexibility index (Phi) is 3.71. The molecule has 0 aliphatic rings. The van der Waals surface area contributed by atoms with Crippen molar-refractivity contribution in [1.82, 2.24) is 9.78 Å². The van der Waals surface area contributed by atoms with Crippen LogP contribution in [0.25, 0.3) is 0 Å².